The number of benzene rings is 3. The lowest BCUT2D eigenvalue weighted by molar-refractivity contribution is -0.113. The second kappa shape index (κ2) is 10.7. The Morgan fingerprint density at radius 2 is 1.62 bits per heavy atom. The zero-order valence-corrected chi connectivity index (χ0v) is 18.3. The van der Waals surface area contributed by atoms with Crippen LogP contribution in [0.3, 0.4) is 0 Å². The summed E-state index contributed by atoms with van der Waals surface area (Å²) in [6.07, 6.45) is 0.743. The minimum Gasteiger partial charge on any atom is -0.486 e. The zero-order valence-electron chi connectivity index (χ0n) is 17.5. The van der Waals surface area contributed by atoms with E-state index < -0.39 is 0 Å². The van der Waals surface area contributed by atoms with Crippen LogP contribution < -0.4 is 20.1 Å². The molecule has 0 saturated heterocycles. The molecule has 32 heavy (non-hydrogen) atoms. The molecule has 3 aromatic rings. The van der Waals surface area contributed by atoms with Gasteiger partial charge in [0.1, 0.15) is 13.2 Å². The topological polar surface area (TPSA) is 76.7 Å². The highest BCUT2D eigenvalue weighted by molar-refractivity contribution is 8.00. The molecule has 164 valence electrons. The highest BCUT2D eigenvalue weighted by atomic mass is 32.2. The lowest BCUT2D eigenvalue weighted by Crippen LogP contribution is -2.27. The monoisotopic (exact) mass is 448 g/mol. The molecule has 0 atom stereocenters. The van der Waals surface area contributed by atoms with Gasteiger partial charge < -0.3 is 20.1 Å². The first-order chi connectivity index (χ1) is 15.7. The highest BCUT2D eigenvalue weighted by Crippen LogP contribution is 2.34. The number of hydrogen-bond acceptors (Lipinski definition) is 5. The van der Waals surface area contributed by atoms with E-state index in [0.29, 0.717) is 36.8 Å². The molecule has 0 unspecified atom stereocenters. The quantitative estimate of drug-likeness (QED) is 0.506. The standard InChI is InChI=1S/C25H24N2O4S/c28-24(17-32-19-10-11-22-23(16-19)31-15-14-30-22)27-21-9-5-4-8-20(21)25(29)26-13-12-18-6-2-1-3-7-18/h1-11,16H,12-15,17H2,(H,26,29)(H,27,28). The zero-order chi connectivity index (χ0) is 22.2. The van der Waals surface area contributed by atoms with Crippen molar-refractivity contribution < 1.29 is 19.1 Å². The number of carbonyl (C=O) groups is 2. The number of ether oxygens (including phenoxy) is 2. The van der Waals surface area contributed by atoms with Crippen LogP contribution >= 0.6 is 11.8 Å². The summed E-state index contributed by atoms with van der Waals surface area (Å²) in [6.45, 7) is 1.58. The van der Waals surface area contributed by atoms with Gasteiger partial charge in [-0.15, -0.1) is 11.8 Å². The molecule has 1 heterocycles. The third kappa shape index (κ3) is 5.82. The van der Waals surface area contributed by atoms with E-state index in [4.69, 9.17) is 9.47 Å². The fraction of sp³-hybridized carbons (Fsp3) is 0.200. The molecule has 0 aromatic heterocycles. The average molecular weight is 449 g/mol. The lowest BCUT2D eigenvalue weighted by atomic mass is 10.1. The van der Waals surface area contributed by atoms with Crippen molar-refractivity contribution in [3.8, 4) is 11.5 Å². The van der Waals surface area contributed by atoms with Gasteiger partial charge in [-0.3, -0.25) is 9.59 Å². The van der Waals surface area contributed by atoms with E-state index in [1.807, 2.05) is 48.5 Å². The van der Waals surface area contributed by atoms with E-state index in [2.05, 4.69) is 10.6 Å². The molecule has 0 radical (unpaired) electrons. The van der Waals surface area contributed by atoms with Gasteiger partial charge in [-0.1, -0.05) is 42.5 Å². The summed E-state index contributed by atoms with van der Waals surface area (Å²) in [5.74, 6) is 1.23. The number of rotatable bonds is 8. The van der Waals surface area contributed by atoms with Crippen molar-refractivity contribution in [3.63, 3.8) is 0 Å². The molecule has 0 saturated carbocycles. The van der Waals surface area contributed by atoms with Crippen LogP contribution in [-0.4, -0.2) is 37.3 Å². The van der Waals surface area contributed by atoms with Gasteiger partial charge in [-0.2, -0.15) is 0 Å². The molecule has 1 aliphatic heterocycles. The first kappa shape index (κ1) is 21.8. The molecule has 7 heteroatoms. The molecular weight excluding hydrogens is 424 g/mol. The maximum absolute atomic E-state index is 12.7. The number of amides is 2. The first-order valence-electron chi connectivity index (χ1n) is 10.4. The van der Waals surface area contributed by atoms with E-state index in [1.165, 1.54) is 11.8 Å². The van der Waals surface area contributed by atoms with E-state index >= 15 is 0 Å². The molecule has 1 aliphatic rings. The second-order valence-electron chi connectivity index (χ2n) is 7.18. The summed E-state index contributed by atoms with van der Waals surface area (Å²) in [5.41, 5.74) is 2.10. The van der Waals surface area contributed by atoms with Crippen LogP contribution in [0.25, 0.3) is 0 Å². The first-order valence-corrected chi connectivity index (χ1v) is 11.4. The number of carbonyl (C=O) groups excluding carboxylic acids is 2. The number of para-hydroxylation sites is 1. The van der Waals surface area contributed by atoms with Crippen molar-refractivity contribution in [1.82, 2.24) is 5.32 Å². The highest BCUT2D eigenvalue weighted by Gasteiger charge is 2.15. The summed E-state index contributed by atoms with van der Waals surface area (Å²) in [5, 5.41) is 5.78. The normalized spacial score (nSPS) is 12.1. The van der Waals surface area contributed by atoms with Crippen LogP contribution in [0.4, 0.5) is 5.69 Å². The van der Waals surface area contributed by atoms with Crippen LogP contribution in [0.2, 0.25) is 0 Å². The van der Waals surface area contributed by atoms with Crippen LogP contribution in [0, 0.1) is 0 Å². The lowest BCUT2D eigenvalue weighted by Gasteiger charge is -2.18. The number of nitrogens with one attached hydrogen (secondary N) is 2. The van der Waals surface area contributed by atoms with Gasteiger partial charge >= 0.3 is 0 Å². The maximum atomic E-state index is 12.7. The summed E-state index contributed by atoms with van der Waals surface area (Å²) < 4.78 is 11.1. The Morgan fingerprint density at radius 3 is 2.47 bits per heavy atom. The average Bonchev–Trinajstić information content (AvgIpc) is 2.83. The second-order valence-corrected chi connectivity index (χ2v) is 8.23. The van der Waals surface area contributed by atoms with E-state index in [0.717, 1.165) is 22.6 Å². The van der Waals surface area contributed by atoms with Gasteiger partial charge in [0.15, 0.2) is 11.5 Å². The summed E-state index contributed by atoms with van der Waals surface area (Å²) >= 11 is 1.40. The molecular formula is C25H24N2O4S. The molecule has 2 amide bonds. The molecule has 3 aromatic carbocycles. The molecule has 6 nitrogen and oxygen atoms in total. The third-order valence-electron chi connectivity index (χ3n) is 4.87. The smallest absolute Gasteiger partial charge is 0.253 e. The van der Waals surface area contributed by atoms with Gasteiger partial charge in [0, 0.05) is 11.4 Å². The third-order valence-corrected chi connectivity index (χ3v) is 5.87. The van der Waals surface area contributed by atoms with Crippen LogP contribution in [0.5, 0.6) is 11.5 Å². The fourth-order valence-electron chi connectivity index (χ4n) is 3.30. The van der Waals surface area contributed by atoms with Gasteiger partial charge in [-0.25, -0.2) is 0 Å². The fourth-order valence-corrected chi connectivity index (χ4v) is 4.02. The largest absolute Gasteiger partial charge is 0.486 e. The van der Waals surface area contributed by atoms with Crippen molar-refractivity contribution in [1.29, 1.82) is 0 Å². The summed E-state index contributed by atoms with van der Waals surface area (Å²) in [6, 6.07) is 22.6. The summed E-state index contributed by atoms with van der Waals surface area (Å²) in [7, 11) is 0. The van der Waals surface area contributed by atoms with Gasteiger partial charge in [0.2, 0.25) is 5.91 Å². The van der Waals surface area contributed by atoms with Gasteiger partial charge in [-0.05, 0) is 42.3 Å². The SMILES string of the molecule is O=C(CSc1ccc2c(c1)OCCO2)Nc1ccccc1C(=O)NCCc1ccccc1. The molecule has 0 spiro atoms. The Balaban J connectivity index is 1.31. The summed E-state index contributed by atoms with van der Waals surface area (Å²) in [4.78, 5) is 26.1. The number of fused-ring (bicyclic) bond motifs is 1. The molecule has 0 bridgehead atoms. The van der Waals surface area contributed by atoms with E-state index in [1.54, 1.807) is 24.3 Å². The van der Waals surface area contributed by atoms with Crippen LogP contribution in [-0.2, 0) is 11.2 Å². The van der Waals surface area contributed by atoms with Crippen LogP contribution in [0.1, 0.15) is 15.9 Å². The van der Waals surface area contributed by atoms with Gasteiger partial charge in [0.05, 0.1) is 17.0 Å². The molecule has 2 N–H and O–H groups in total. The maximum Gasteiger partial charge on any atom is 0.253 e. The molecule has 4 rings (SSSR count). The minimum atomic E-state index is -0.212. The Morgan fingerprint density at radius 1 is 0.875 bits per heavy atom. The minimum absolute atomic E-state index is 0.186. The predicted molar refractivity (Wildman–Crippen MR) is 126 cm³/mol. The predicted octanol–water partition coefficient (Wildman–Crippen LogP) is 4.16. The van der Waals surface area contributed by atoms with Crippen molar-refractivity contribution >= 4 is 29.3 Å². The Labute approximate surface area is 191 Å². The Kier molecular flexibility index (Phi) is 7.30. The van der Waals surface area contributed by atoms with Crippen molar-refractivity contribution in [2.45, 2.75) is 11.3 Å². The number of anilines is 1. The Bertz CT molecular complexity index is 1090. The number of thioether (sulfide) groups is 1. The van der Waals surface area contributed by atoms with E-state index in [-0.39, 0.29) is 17.6 Å². The van der Waals surface area contributed by atoms with E-state index in [9.17, 15) is 9.59 Å². The van der Waals surface area contributed by atoms with Gasteiger partial charge in [0.25, 0.3) is 5.91 Å². The van der Waals surface area contributed by atoms with Crippen LogP contribution in [0.15, 0.2) is 77.7 Å². The Hall–Kier alpha value is -3.45. The van der Waals surface area contributed by atoms with Crippen molar-refractivity contribution in [3.05, 3.63) is 83.9 Å². The van der Waals surface area contributed by atoms with Crippen molar-refractivity contribution in [2.24, 2.45) is 0 Å². The molecule has 0 aliphatic carbocycles. The number of hydrogen-bond donors (Lipinski definition) is 2. The molecule has 0 fully saturated rings. The van der Waals surface area contributed by atoms with Crippen molar-refractivity contribution in [2.75, 3.05) is 30.8 Å².